The lowest BCUT2D eigenvalue weighted by Gasteiger charge is -2.33. The number of ether oxygens (including phenoxy) is 3. The van der Waals surface area contributed by atoms with Gasteiger partial charge in [-0.25, -0.2) is 9.59 Å². The number of hydrogen-bond acceptors (Lipinski definition) is 5. The highest BCUT2D eigenvalue weighted by molar-refractivity contribution is 5.89. The van der Waals surface area contributed by atoms with Crippen LogP contribution in [0.4, 0.5) is 4.79 Å². The van der Waals surface area contributed by atoms with Crippen LogP contribution in [-0.2, 0) is 19.0 Å². The molecule has 0 spiro atoms. The summed E-state index contributed by atoms with van der Waals surface area (Å²) < 4.78 is 15.7. The molecule has 0 saturated heterocycles. The molecule has 0 fully saturated rings. The van der Waals surface area contributed by atoms with Gasteiger partial charge in [0.2, 0.25) is 0 Å². The predicted molar refractivity (Wildman–Crippen MR) is 70.5 cm³/mol. The summed E-state index contributed by atoms with van der Waals surface area (Å²) in [7, 11) is 1.49. The molecule has 1 heterocycles. The van der Waals surface area contributed by atoms with Gasteiger partial charge in [-0.05, 0) is 20.3 Å². The van der Waals surface area contributed by atoms with Crippen LogP contribution in [-0.4, -0.2) is 32.0 Å². The van der Waals surface area contributed by atoms with Crippen LogP contribution in [0.25, 0.3) is 0 Å². The quantitative estimate of drug-likeness (QED) is 0.630. The van der Waals surface area contributed by atoms with E-state index in [9.17, 15) is 9.59 Å². The van der Waals surface area contributed by atoms with Crippen LogP contribution in [0.3, 0.4) is 0 Å². The van der Waals surface area contributed by atoms with Gasteiger partial charge in [-0.15, -0.1) is 0 Å². The molecular formula is C14H19NO5. The molecule has 0 radical (unpaired) electrons. The Hall–Kier alpha value is -1.98. The van der Waals surface area contributed by atoms with Gasteiger partial charge in [0.25, 0.3) is 6.29 Å². The smallest absolute Gasteiger partial charge is 0.409 e. The van der Waals surface area contributed by atoms with Gasteiger partial charge in [0.1, 0.15) is 0 Å². The van der Waals surface area contributed by atoms with E-state index in [1.165, 1.54) is 13.3 Å². The van der Waals surface area contributed by atoms with E-state index in [2.05, 4.69) is 5.32 Å². The average Bonchev–Trinajstić information content (AvgIpc) is 2.82. The van der Waals surface area contributed by atoms with Crippen LogP contribution in [0.15, 0.2) is 23.5 Å². The maximum absolute atomic E-state index is 11.9. The number of carbonyl (C=O) groups excluding carboxylic acids is 2. The molecule has 20 heavy (non-hydrogen) atoms. The summed E-state index contributed by atoms with van der Waals surface area (Å²) in [4.78, 5) is 23.3. The highest BCUT2D eigenvalue weighted by Gasteiger charge is 2.44. The number of alkyl carbamates (subject to hydrolysis) is 1. The molecule has 2 aliphatic rings. The van der Waals surface area contributed by atoms with Crippen LogP contribution in [0.5, 0.6) is 0 Å². The van der Waals surface area contributed by atoms with Crippen LogP contribution in [0.1, 0.15) is 20.3 Å². The van der Waals surface area contributed by atoms with Gasteiger partial charge in [-0.2, -0.15) is 0 Å². The van der Waals surface area contributed by atoms with Gasteiger partial charge in [-0.1, -0.05) is 11.6 Å². The Balaban J connectivity index is 2.18. The molecule has 1 amide bonds. The van der Waals surface area contributed by atoms with E-state index in [0.717, 1.165) is 12.0 Å². The van der Waals surface area contributed by atoms with Gasteiger partial charge in [0.15, 0.2) is 0 Å². The molecule has 3 unspecified atom stereocenters. The van der Waals surface area contributed by atoms with Crippen molar-refractivity contribution in [2.75, 3.05) is 13.7 Å². The van der Waals surface area contributed by atoms with Crippen molar-refractivity contribution in [2.24, 2.45) is 11.8 Å². The lowest BCUT2D eigenvalue weighted by molar-refractivity contribution is -0.143. The van der Waals surface area contributed by atoms with E-state index in [4.69, 9.17) is 14.2 Å². The second-order valence-corrected chi connectivity index (χ2v) is 4.77. The summed E-state index contributed by atoms with van der Waals surface area (Å²) in [5, 5.41) is 2.39. The number of rotatable bonds is 3. The van der Waals surface area contributed by atoms with Crippen molar-refractivity contribution in [3.05, 3.63) is 23.5 Å². The van der Waals surface area contributed by atoms with Crippen molar-refractivity contribution in [1.82, 2.24) is 5.32 Å². The van der Waals surface area contributed by atoms with Crippen molar-refractivity contribution in [3.8, 4) is 0 Å². The zero-order valence-corrected chi connectivity index (χ0v) is 11.8. The van der Waals surface area contributed by atoms with E-state index in [0.29, 0.717) is 12.2 Å². The first-order chi connectivity index (χ1) is 9.58. The van der Waals surface area contributed by atoms with Crippen LogP contribution in [0.2, 0.25) is 0 Å². The Morgan fingerprint density at radius 2 is 2.25 bits per heavy atom. The van der Waals surface area contributed by atoms with Gasteiger partial charge >= 0.3 is 12.1 Å². The molecule has 6 nitrogen and oxygen atoms in total. The predicted octanol–water partition coefficient (Wildman–Crippen LogP) is 1.73. The first-order valence-electron chi connectivity index (χ1n) is 6.66. The monoisotopic (exact) mass is 281 g/mol. The Labute approximate surface area is 117 Å². The van der Waals surface area contributed by atoms with Crippen molar-refractivity contribution in [1.29, 1.82) is 0 Å². The number of carbonyl (C=O) groups is 2. The molecule has 3 atom stereocenters. The van der Waals surface area contributed by atoms with Crippen LogP contribution in [0, 0.1) is 11.8 Å². The first kappa shape index (κ1) is 14.4. The van der Waals surface area contributed by atoms with Gasteiger partial charge in [-0.3, -0.25) is 0 Å². The molecule has 110 valence electrons. The normalized spacial score (nSPS) is 27.6. The molecule has 1 N–H and O–H groups in total. The van der Waals surface area contributed by atoms with Crippen molar-refractivity contribution < 1.29 is 23.8 Å². The number of esters is 1. The summed E-state index contributed by atoms with van der Waals surface area (Å²) in [6.45, 7) is 4.02. The van der Waals surface area contributed by atoms with E-state index in [-0.39, 0.29) is 17.8 Å². The second-order valence-electron chi connectivity index (χ2n) is 4.77. The lowest BCUT2D eigenvalue weighted by Crippen LogP contribution is -2.39. The minimum atomic E-state index is -0.711. The van der Waals surface area contributed by atoms with Crippen molar-refractivity contribution in [2.45, 2.75) is 26.6 Å². The van der Waals surface area contributed by atoms with Crippen molar-refractivity contribution in [3.63, 3.8) is 0 Å². The highest BCUT2D eigenvalue weighted by atomic mass is 16.7. The summed E-state index contributed by atoms with van der Waals surface area (Å²) in [6, 6.07) is 0. The van der Waals surface area contributed by atoms with Gasteiger partial charge < -0.3 is 19.5 Å². The highest BCUT2D eigenvalue weighted by Crippen LogP contribution is 2.43. The third-order valence-corrected chi connectivity index (χ3v) is 3.61. The van der Waals surface area contributed by atoms with Gasteiger partial charge in [0.05, 0.1) is 24.4 Å². The number of amides is 1. The molecule has 0 aromatic heterocycles. The third-order valence-electron chi connectivity index (χ3n) is 3.61. The molecule has 0 aromatic carbocycles. The molecule has 0 saturated carbocycles. The molecule has 2 rings (SSSR count). The Morgan fingerprint density at radius 3 is 2.90 bits per heavy atom. The average molecular weight is 281 g/mol. The van der Waals surface area contributed by atoms with Crippen molar-refractivity contribution >= 4 is 12.1 Å². The summed E-state index contributed by atoms with van der Waals surface area (Å²) in [5.74, 6) is -0.571. The van der Waals surface area contributed by atoms with Crippen LogP contribution >= 0.6 is 0 Å². The second kappa shape index (κ2) is 5.98. The number of hydrogen-bond donors (Lipinski definition) is 1. The zero-order valence-electron chi connectivity index (χ0n) is 11.8. The van der Waals surface area contributed by atoms with E-state index in [1.807, 2.05) is 13.0 Å². The maximum atomic E-state index is 11.9. The van der Waals surface area contributed by atoms with Gasteiger partial charge in [0, 0.05) is 13.0 Å². The minimum absolute atomic E-state index is 0.0579. The summed E-state index contributed by atoms with van der Waals surface area (Å²) in [6.07, 6.45) is 2.85. The SMILES string of the molecule is CCOC(=O)C1=COC(OC(=O)NC)C2C(C)=CCC12. The molecule has 6 heteroatoms. The Morgan fingerprint density at radius 1 is 1.50 bits per heavy atom. The molecular weight excluding hydrogens is 262 g/mol. The number of fused-ring (bicyclic) bond motifs is 1. The van der Waals surface area contributed by atoms with E-state index < -0.39 is 12.4 Å². The Kier molecular flexibility index (Phi) is 4.32. The number of nitrogens with one attached hydrogen (secondary N) is 1. The Bertz CT molecular complexity index is 468. The fourth-order valence-corrected chi connectivity index (χ4v) is 2.63. The molecule has 1 aliphatic carbocycles. The zero-order chi connectivity index (χ0) is 14.7. The lowest BCUT2D eigenvalue weighted by atomic mass is 9.84. The first-order valence-corrected chi connectivity index (χ1v) is 6.66. The standard InChI is InChI=1S/C14H19NO5/c1-4-18-12(16)10-7-19-13(20-14(17)15-3)11-8(2)5-6-9(10)11/h5,7,9,11,13H,4,6H2,1-3H3,(H,15,17). The van der Waals surface area contributed by atoms with Crippen LogP contribution < -0.4 is 5.32 Å². The molecule has 0 aromatic rings. The van der Waals surface area contributed by atoms with E-state index in [1.54, 1.807) is 6.92 Å². The minimum Gasteiger partial charge on any atom is -0.463 e. The molecule has 1 aliphatic heterocycles. The largest absolute Gasteiger partial charge is 0.463 e. The fourth-order valence-electron chi connectivity index (χ4n) is 2.63. The summed E-state index contributed by atoms with van der Waals surface area (Å²) in [5.41, 5.74) is 1.56. The molecule has 0 bridgehead atoms. The third kappa shape index (κ3) is 2.64. The van der Waals surface area contributed by atoms with E-state index >= 15 is 0 Å². The number of allylic oxidation sites excluding steroid dienone is 1. The summed E-state index contributed by atoms with van der Waals surface area (Å²) >= 11 is 0. The topological polar surface area (TPSA) is 73.9 Å². The maximum Gasteiger partial charge on any atom is 0.409 e. The fraction of sp³-hybridized carbons (Fsp3) is 0.571.